The number of carbonyl (C=O) groups is 1. The summed E-state index contributed by atoms with van der Waals surface area (Å²) in [5.41, 5.74) is -6.01. The Morgan fingerprint density at radius 2 is 1.57 bits per heavy atom. The summed E-state index contributed by atoms with van der Waals surface area (Å²) in [6.45, 7) is 5.91. The Kier molecular flexibility index (Phi) is 5.91. The van der Waals surface area contributed by atoms with Gasteiger partial charge in [-0.3, -0.25) is 0 Å². The molecule has 0 amide bonds. The van der Waals surface area contributed by atoms with Crippen LogP contribution in [-0.4, -0.2) is 47.3 Å². The fourth-order valence-electron chi connectivity index (χ4n) is 4.18. The molecule has 0 aromatic carbocycles. The van der Waals surface area contributed by atoms with Gasteiger partial charge in [-0.15, -0.1) is 0 Å². The molecule has 162 valence electrons. The van der Waals surface area contributed by atoms with Crippen molar-refractivity contribution >= 4 is 5.97 Å². The Bertz CT molecular complexity index is 611. The number of carbonyl (C=O) groups excluding carboxylic acids is 1. The van der Waals surface area contributed by atoms with E-state index in [4.69, 9.17) is 9.47 Å². The Hall–Kier alpha value is -1.29. The second-order valence-corrected chi connectivity index (χ2v) is 8.31. The van der Waals surface area contributed by atoms with E-state index < -0.39 is 36.1 Å². The Labute approximate surface area is 158 Å². The Morgan fingerprint density at radius 3 is 1.96 bits per heavy atom. The predicted molar refractivity (Wildman–Crippen MR) is 86.1 cm³/mol. The lowest BCUT2D eigenvalue weighted by Gasteiger charge is -2.41. The van der Waals surface area contributed by atoms with Crippen LogP contribution >= 0.6 is 0 Å². The molecule has 10 heteroatoms. The van der Waals surface area contributed by atoms with Crippen LogP contribution in [0, 0.1) is 17.8 Å². The molecular weight excluding hydrogens is 394 g/mol. The third kappa shape index (κ3) is 4.17. The monoisotopic (exact) mass is 418 g/mol. The zero-order valence-corrected chi connectivity index (χ0v) is 15.8. The van der Waals surface area contributed by atoms with E-state index in [-0.39, 0.29) is 29.4 Å². The first-order chi connectivity index (χ1) is 12.5. The molecule has 0 saturated heterocycles. The zero-order chi connectivity index (χ0) is 21.7. The highest BCUT2D eigenvalue weighted by molar-refractivity contribution is 5.87. The molecule has 2 saturated carbocycles. The molecule has 4 nitrogen and oxygen atoms in total. The van der Waals surface area contributed by atoms with Crippen molar-refractivity contribution in [1.82, 2.24) is 0 Å². The molecule has 2 aliphatic rings. The summed E-state index contributed by atoms with van der Waals surface area (Å²) in [7, 11) is 0. The van der Waals surface area contributed by atoms with Crippen molar-refractivity contribution in [2.75, 3.05) is 6.61 Å². The fraction of sp³-hybridized carbons (Fsp3) is 0.833. The summed E-state index contributed by atoms with van der Waals surface area (Å²) < 4.78 is 87.4. The van der Waals surface area contributed by atoms with E-state index in [9.17, 15) is 36.2 Å². The molecule has 0 aromatic heterocycles. The molecule has 2 bridgehead atoms. The predicted octanol–water partition coefficient (Wildman–Crippen LogP) is 4.17. The molecule has 1 N–H and O–H groups in total. The van der Waals surface area contributed by atoms with Gasteiger partial charge in [0.15, 0.2) is 0 Å². The minimum Gasteiger partial charge on any atom is -0.459 e. The molecule has 0 aromatic rings. The van der Waals surface area contributed by atoms with Crippen molar-refractivity contribution in [1.29, 1.82) is 0 Å². The van der Waals surface area contributed by atoms with Crippen LogP contribution in [0.15, 0.2) is 12.2 Å². The first kappa shape index (κ1) is 23.0. The smallest absolute Gasteiger partial charge is 0.428 e. The number of ether oxygens (including phenoxy) is 2. The quantitative estimate of drug-likeness (QED) is 0.400. The van der Waals surface area contributed by atoms with E-state index in [2.05, 4.69) is 6.58 Å². The third-order valence-corrected chi connectivity index (χ3v) is 5.88. The van der Waals surface area contributed by atoms with Gasteiger partial charge in [-0.2, -0.15) is 26.3 Å². The maximum absolute atomic E-state index is 12.8. The molecule has 0 spiro atoms. The summed E-state index contributed by atoms with van der Waals surface area (Å²) >= 11 is 0. The van der Waals surface area contributed by atoms with Crippen LogP contribution in [0.25, 0.3) is 0 Å². The van der Waals surface area contributed by atoms with Gasteiger partial charge in [-0.25, -0.2) is 4.79 Å². The van der Waals surface area contributed by atoms with Crippen LogP contribution in [0.1, 0.15) is 40.0 Å². The number of aliphatic hydroxyl groups is 1. The van der Waals surface area contributed by atoms with Gasteiger partial charge in [-0.05, 0) is 57.8 Å². The lowest BCUT2D eigenvalue weighted by Crippen LogP contribution is -2.61. The molecule has 3 unspecified atom stereocenters. The summed E-state index contributed by atoms with van der Waals surface area (Å²) in [6.07, 6.45) is -10.6. The van der Waals surface area contributed by atoms with Crippen molar-refractivity contribution < 1.29 is 45.7 Å². The maximum atomic E-state index is 12.8. The van der Waals surface area contributed by atoms with Crippen LogP contribution in [-0.2, 0) is 14.3 Å². The zero-order valence-electron chi connectivity index (χ0n) is 15.8. The molecule has 0 heterocycles. The number of halogens is 6. The standard InChI is InChI=1S/C18H24F6O4/c1-9(2)14(25)28-13-7-10-5-11(13)6-12(10)15(3,4)27-8-16(26,17(19,20)21)18(22,23)24/h10-13,26H,1,5-8H2,2-4H3/t10?,11-,12?,13?/m0/s1. The highest BCUT2D eigenvalue weighted by Crippen LogP contribution is 2.54. The lowest BCUT2D eigenvalue weighted by molar-refractivity contribution is -0.383. The topological polar surface area (TPSA) is 55.8 Å². The van der Waals surface area contributed by atoms with Crippen LogP contribution in [0.3, 0.4) is 0 Å². The number of hydrogen-bond donors (Lipinski definition) is 1. The van der Waals surface area contributed by atoms with Crippen LogP contribution in [0.5, 0.6) is 0 Å². The van der Waals surface area contributed by atoms with Crippen molar-refractivity contribution in [3.8, 4) is 0 Å². The number of rotatable bonds is 6. The second kappa shape index (κ2) is 7.19. The molecule has 2 fully saturated rings. The van der Waals surface area contributed by atoms with E-state index in [1.807, 2.05) is 0 Å². The average Bonchev–Trinajstić information content (AvgIpc) is 3.10. The average molecular weight is 418 g/mol. The van der Waals surface area contributed by atoms with Gasteiger partial charge in [-0.1, -0.05) is 6.58 Å². The van der Waals surface area contributed by atoms with Crippen LogP contribution < -0.4 is 0 Å². The highest BCUT2D eigenvalue weighted by Gasteiger charge is 2.71. The third-order valence-electron chi connectivity index (χ3n) is 5.88. The van der Waals surface area contributed by atoms with Crippen molar-refractivity contribution in [3.05, 3.63) is 12.2 Å². The summed E-state index contributed by atoms with van der Waals surface area (Å²) in [6, 6.07) is 0. The minimum absolute atomic E-state index is 0.0368. The molecule has 2 rings (SSSR count). The van der Waals surface area contributed by atoms with E-state index in [1.54, 1.807) is 0 Å². The van der Waals surface area contributed by atoms with Gasteiger partial charge in [0.2, 0.25) is 0 Å². The molecule has 28 heavy (non-hydrogen) atoms. The first-order valence-corrected chi connectivity index (χ1v) is 8.86. The number of esters is 1. The fourth-order valence-corrected chi connectivity index (χ4v) is 4.18. The van der Waals surface area contributed by atoms with Crippen LogP contribution in [0.4, 0.5) is 26.3 Å². The van der Waals surface area contributed by atoms with Gasteiger partial charge in [0.1, 0.15) is 6.10 Å². The number of hydrogen-bond acceptors (Lipinski definition) is 4. The molecule has 4 atom stereocenters. The summed E-state index contributed by atoms with van der Waals surface area (Å²) in [5.74, 6) is -0.939. The molecule has 0 aliphatic heterocycles. The SMILES string of the molecule is C=C(C)C(=O)OC1CC2C[C@H]1CC2C(C)(C)OCC(O)(C(F)(F)F)C(F)(F)F. The molecule has 0 radical (unpaired) electrons. The van der Waals surface area contributed by atoms with Gasteiger partial charge in [0, 0.05) is 5.57 Å². The number of fused-ring (bicyclic) bond motifs is 2. The Balaban J connectivity index is 2.04. The highest BCUT2D eigenvalue weighted by atomic mass is 19.4. The van der Waals surface area contributed by atoms with Crippen molar-refractivity contribution in [2.45, 2.75) is 69.7 Å². The lowest BCUT2D eigenvalue weighted by atomic mass is 9.77. The van der Waals surface area contributed by atoms with E-state index in [1.165, 1.54) is 20.8 Å². The Morgan fingerprint density at radius 1 is 1.04 bits per heavy atom. The van der Waals surface area contributed by atoms with Crippen LogP contribution in [0.2, 0.25) is 0 Å². The first-order valence-electron chi connectivity index (χ1n) is 8.86. The summed E-state index contributed by atoms with van der Waals surface area (Å²) in [4.78, 5) is 11.7. The van der Waals surface area contributed by atoms with E-state index >= 15 is 0 Å². The van der Waals surface area contributed by atoms with E-state index in [0.717, 1.165) is 0 Å². The van der Waals surface area contributed by atoms with Gasteiger partial charge in [0.25, 0.3) is 5.60 Å². The normalized spacial score (nSPS) is 28.5. The second-order valence-electron chi connectivity index (χ2n) is 8.31. The van der Waals surface area contributed by atoms with Crippen molar-refractivity contribution in [2.24, 2.45) is 17.8 Å². The van der Waals surface area contributed by atoms with Crippen molar-refractivity contribution in [3.63, 3.8) is 0 Å². The van der Waals surface area contributed by atoms with Gasteiger partial charge >= 0.3 is 18.3 Å². The molecule has 2 aliphatic carbocycles. The number of alkyl halides is 6. The minimum atomic E-state index is -5.92. The summed E-state index contributed by atoms with van der Waals surface area (Å²) in [5, 5.41) is 9.27. The molecular formula is C18H24F6O4. The van der Waals surface area contributed by atoms with Gasteiger partial charge < -0.3 is 14.6 Å². The largest absolute Gasteiger partial charge is 0.459 e. The van der Waals surface area contributed by atoms with Gasteiger partial charge in [0.05, 0.1) is 12.2 Å². The van der Waals surface area contributed by atoms with E-state index in [0.29, 0.717) is 19.3 Å². The maximum Gasteiger partial charge on any atom is 0.428 e.